The van der Waals surface area contributed by atoms with E-state index in [1.165, 1.54) is 4.88 Å². The molecule has 3 heteroatoms. The third-order valence-corrected chi connectivity index (χ3v) is 3.64. The van der Waals surface area contributed by atoms with E-state index in [0.717, 1.165) is 12.8 Å². The topological polar surface area (TPSA) is 35.2 Å². The number of methoxy groups -OCH3 is 1. The van der Waals surface area contributed by atoms with Gasteiger partial charge in [-0.3, -0.25) is 0 Å². The van der Waals surface area contributed by atoms with Gasteiger partial charge >= 0.3 is 0 Å². The third-order valence-electron chi connectivity index (χ3n) is 2.70. The number of hydrogen-bond donors (Lipinski definition) is 1. The van der Waals surface area contributed by atoms with Crippen molar-refractivity contribution in [2.45, 2.75) is 38.3 Å². The van der Waals surface area contributed by atoms with Gasteiger partial charge in [-0.1, -0.05) is 6.07 Å². The molecule has 0 saturated heterocycles. The average molecular weight is 213 g/mol. The van der Waals surface area contributed by atoms with Gasteiger partial charge in [0.2, 0.25) is 0 Å². The normalized spacial score (nSPS) is 14.3. The van der Waals surface area contributed by atoms with E-state index in [9.17, 15) is 0 Å². The molecule has 1 rings (SSSR count). The van der Waals surface area contributed by atoms with E-state index >= 15 is 0 Å². The lowest BCUT2D eigenvalue weighted by Gasteiger charge is -2.30. The van der Waals surface area contributed by atoms with Crippen molar-refractivity contribution < 1.29 is 4.74 Å². The third kappa shape index (κ3) is 3.08. The molecule has 0 saturated carbocycles. The highest BCUT2D eigenvalue weighted by Gasteiger charge is 2.25. The Bertz CT molecular complexity index is 256. The van der Waals surface area contributed by atoms with Crippen LogP contribution in [0.25, 0.3) is 0 Å². The molecule has 14 heavy (non-hydrogen) atoms. The van der Waals surface area contributed by atoms with Crippen LogP contribution in [0.1, 0.15) is 25.1 Å². The summed E-state index contributed by atoms with van der Waals surface area (Å²) in [4.78, 5) is 1.40. The van der Waals surface area contributed by atoms with E-state index in [0.29, 0.717) is 0 Å². The molecule has 1 atom stereocenters. The summed E-state index contributed by atoms with van der Waals surface area (Å²) in [6.07, 6.45) is 2.02. The highest BCUT2D eigenvalue weighted by Crippen LogP contribution is 2.18. The Hall–Kier alpha value is -0.380. The van der Waals surface area contributed by atoms with Gasteiger partial charge in [-0.05, 0) is 38.1 Å². The first-order valence-corrected chi connectivity index (χ1v) is 5.77. The van der Waals surface area contributed by atoms with Crippen molar-refractivity contribution in [2.24, 2.45) is 5.73 Å². The van der Waals surface area contributed by atoms with Crippen LogP contribution in [0.5, 0.6) is 0 Å². The lowest BCUT2D eigenvalue weighted by atomic mass is 9.95. The van der Waals surface area contributed by atoms with Crippen LogP contribution in [0.15, 0.2) is 17.5 Å². The number of aryl methyl sites for hydroxylation is 1. The predicted octanol–water partition coefficient (Wildman–Crippen LogP) is 2.43. The maximum atomic E-state index is 6.06. The van der Waals surface area contributed by atoms with Gasteiger partial charge in [0.15, 0.2) is 0 Å². The molecule has 80 valence electrons. The van der Waals surface area contributed by atoms with Crippen LogP contribution >= 0.6 is 11.3 Å². The molecule has 1 aromatic rings. The van der Waals surface area contributed by atoms with Crippen LogP contribution in [-0.4, -0.2) is 18.8 Å². The molecule has 0 aliphatic heterocycles. The van der Waals surface area contributed by atoms with Crippen LogP contribution in [-0.2, 0) is 11.2 Å². The minimum atomic E-state index is -0.225. The average Bonchev–Trinajstić information content (AvgIpc) is 2.66. The summed E-state index contributed by atoms with van der Waals surface area (Å²) in [6.45, 7) is 4.07. The van der Waals surface area contributed by atoms with E-state index in [1.54, 1.807) is 18.4 Å². The summed E-state index contributed by atoms with van der Waals surface area (Å²) in [5.74, 6) is 0. The number of nitrogens with two attached hydrogens (primary N) is 1. The van der Waals surface area contributed by atoms with E-state index in [2.05, 4.69) is 17.5 Å². The fourth-order valence-electron chi connectivity index (χ4n) is 1.25. The van der Waals surface area contributed by atoms with Crippen LogP contribution in [0.4, 0.5) is 0 Å². The predicted molar refractivity (Wildman–Crippen MR) is 61.7 cm³/mol. The molecule has 2 N–H and O–H groups in total. The number of hydrogen-bond acceptors (Lipinski definition) is 3. The van der Waals surface area contributed by atoms with Crippen molar-refractivity contribution in [3.05, 3.63) is 22.4 Å². The zero-order valence-electron chi connectivity index (χ0n) is 9.12. The summed E-state index contributed by atoms with van der Waals surface area (Å²) in [6, 6.07) is 4.32. The zero-order valence-corrected chi connectivity index (χ0v) is 9.93. The largest absolute Gasteiger partial charge is 0.377 e. The molecule has 1 unspecified atom stereocenters. The molecule has 1 aromatic heterocycles. The van der Waals surface area contributed by atoms with Crippen molar-refractivity contribution in [1.82, 2.24) is 0 Å². The van der Waals surface area contributed by atoms with Gasteiger partial charge < -0.3 is 10.5 Å². The summed E-state index contributed by atoms with van der Waals surface area (Å²) in [5, 5.41) is 2.10. The fourth-order valence-corrected chi connectivity index (χ4v) is 1.98. The molecule has 0 radical (unpaired) electrons. The maximum absolute atomic E-state index is 6.06. The van der Waals surface area contributed by atoms with E-state index in [4.69, 9.17) is 10.5 Å². The van der Waals surface area contributed by atoms with Gasteiger partial charge in [0.05, 0.1) is 5.60 Å². The second-order valence-corrected chi connectivity index (χ2v) is 5.06. The first-order valence-electron chi connectivity index (χ1n) is 4.89. The molecule has 0 amide bonds. The lowest BCUT2D eigenvalue weighted by Crippen LogP contribution is -2.44. The zero-order chi connectivity index (χ0) is 10.6. The molecular formula is C11H19NOS. The quantitative estimate of drug-likeness (QED) is 0.815. The summed E-state index contributed by atoms with van der Waals surface area (Å²) < 4.78 is 5.35. The molecule has 0 aliphatic rings. The van der Waals surface area contributed by atoms with Gasteiger partial charge in [-0.15, -0.1) is 11.3 Å². The smallest absolute Gasteiger partial charge is 0.0773 e. The Morgan fingerprint density at radius 1 is 1.57 bits per heavy atom. The SMILES string of the molecule is COC(C)(C)C(N)CCc1cccs1. The minimum Gasteiger partial charge on any atom is -0.377 e. The summed E-state index contributed by atoms with van der Waals surface area (Å²) in [7, 11) is 1.71. The summed E-state index contributed by atoms with van der Waals surface area (Å²) in [5.41, 5.74) is 5.83. The van der Waals surface area contributed by atoms with Crippen molar-refractivity contribution in [3.8, 4) is 0 Å². The van der Waals surface area contributed by atoms with Gasteiger partial charge in [0, 0.05) is 18.0 Å². The molecular weight excluding hydrogens is 194 g/mol. The minimum absolute atomic E-state index is 0.0922. The van der Waals surface area contributed by atoms with Crippen LogP contribution < -0.4 is 5.73 Å². The molecule has 0 aromatic carbocycles. The van der Waals surface area contributed by atoms with Gasteiger partial charge in [-0.25, -0.2) is 0 Å². The monoisotopic (exact) mass is 213 g/mol. The number of thiophene rings is 1. The first-order chi connectivity index (χ1) is 6.56. The van der Waals surface area contributed by atoms with Gasteiger partial charge in [0.25, 0.3) is 0 Å². The second kappa shape index (κ2) is 4.91. The van der Waals surface area contributed by atoms with E-state index in [1.807, 2.05) is 13.8 Å². The van der Waals surface area contributed by atoms with Gasteiger partial charge in [0.1, 0.15) is 0 Å². The van der Waals surface area contributed by atoms with Crippen molar-refractivity contribution >= 4 is 11.3 Å². The Labute approximate surface area is 90.1 Å². The van der Waals surface area contributed by atoms with Crippen LogP contribution in [0.3, 0.4) is 0 Å². The highest BCUT2D eigenvalue weighted by atomic mass is 32.1. The van der Waals surface area contributed by atoms with Crippen LogP contribution in [0, 0.1) is 0 Å². The first kappa shape index (κ1) is 11.7. The van der Waals surface area contributed by atoms with Crippen LogP contribution in [0.2, 0.25) is 0 Å². The second-order valence-electron chi connectivity index (χ2n) is 4.03. The maximum Gasteiger partial charge on any atom is 0.0773 e. The standard InChI is InChI=1S/C11H19NOS/c1-11(2,13-3)10(12)7-6-9-5-4-8-14-9/h4-5,8,10H,6-7,12H2,1-3H3. The Morgan fingerprint density at radius 3 is 2.79 bits per heavy atom. The Balaban J connectivity index is 2.38. The Morgan fingerprint density at radius 2 is 2.29 bits per heavy atom. The molecule has 1 heterocycles. The molecule has 0 bridgehead atoms. The van der Waals surface area contributed by atoms with Crippen molar-refractivity contribution in [2.75, 3.05) is 7.11 Å². The van der Waals surface area contributed by atoms with E-state index in [-0.39, 0.29) is 11.6 Å². The fraction of sp³-hybridized carbons (Fsp3) is 0.636. The lowest BCUT2D eigenvalue weighted by molar-refractivity contribution is -0.00127. The number of ether oxygens (including phenoxy) is 1. The molecule has 0 spiro atoms. The number of rotatable bonds is 5. The molecule has 0 fully saturated rings. The van der Waals surface area contributed by atoms with Crippen molar-refractivity contribution in [1.29, 1.82) is 0 Å². The molecule has 2 nitrogen and oxygen atoms in total. The van der Waals surface area contributed by atoms with Crippen molar-refractivity contribution in [3.63, 3.8) is 0 Å². The highest BCUT2D eigenvalue weighted by molar-refractivity contribution is 7.09. The Kier molecular flexibility index (Phi) is 4.11. The molecule has 0 aliphatic carbocycles. The summed E-state index contributed by atoms with van der Waals surface area (Å²) >= 11 is 1.79. The van der Waals surface area contributed by atoms with E-state index < -0.39 is 0 Å². The van der Waals surface area contributed by atoms with Gasteiger partial charge in [-0.2, -0.15) is 0 Å².